The molecule has 0 aliphatic carbocycles. The topological polar surface area (TPSA) is 9.23 Å². The smallest absolute Gasteiger partial charge is 0.119 e. The predicted molar refractivity (Wildman–Crippen MR) is 103 cm³/mol. The molecule has 0 bridgehead atoms. The van der Waals surface area contributed by atoms with Crippen LogP contribution in [0, 0.1) is 0 Å². The molecule has 3 aromatic rings. The summed E-state index contributed by atoms with van der Waals surface area (Å²) in [7, 11) is 0. The van der Waals surface area contributed by atoms with Gasteiger partial charge in [-0.1, -0.05) is 74.0 Å². The lowest BCUT2D eigenvalue weighted by Crippen LogP contribution is -1.95. The lowest BCUT2D eigenvalue weighted by atomic mass is 10.00. The number of ether oxygens (including phenoxy) is 1. The Morgan fingerprint density at radius 1 is 0.680 bits per heavy atom. The summed E-state index contributed by atoms with van der Waals surface area (Å²) in [6.45, 7) is 2.51. The molecule has 0 N–H and O–H groups in total. The average Bonchev–Trinajstić information content (AvgIpc) is 2.69. The first kappa shape index (κ1) is 17.2. The maximum Gasteiger partial charge on any atom is 0.119 e. The summed E-state index contributed by atoms with van der Waals surface area (Å²) in [4.78, 5) is 0. The Labute approximate surface area is 149 Å². The SMILES string of the molecule is CCCCOc1ccc(-c2ccc(-c3ccc(CF)cc3)cc2)cc1. The van der Waals surface area contributed by atoms with E-state index in [4.69, 9.17) is 4.74 Å². The molecular formula is C23H23FO. The lowest BCUT2D eigenvalue weighted by Gasteiger charge is -2.08. The number of benzene rings is 3. The highest BCUT2D eigenvalue weighted by Gasteiger charge is 2.02. The van der Waals surface area contributed by atoms with E-state index in [-0.39, 0.29) is 0 Å². The van der Waals surface area contributed by atoms with E-state index in [9.17, 15) is 4.39 Å². The van der Waals surface area contributed by atoms with Gasteiger partial charge in [0.05, 0.1) is 6.61 Å². The first-order valence-electron chi connectivity index (χ1n) is 8.78. The monoisotopic (exact) mass is 334 g/mol. The van der Waals surface area contributed by atoms with Gasteiger partial charge in [0, 0.05) is 0 Å². The maximum atomic E-state index is 12.6. The summed E-state index contributed by atoms with van der Waals surface area (Å²) in [6.07, 6.45) is 2.22. The molecule has 2 heteroatoms. The zero-order valence-corrected chi connectivity index (χ0v) is 14.5. The first-order chi connectivity index (χ1) is 12.3. The average molecular weight is 334 g/mol. The Kier molecular flexibility index (Phi) is 5.84. The fourth-order valence-electron chi connectivity index (χ4n) is 2.72. The van der Waals surface area contributed by atoms with Crippen LogP contribution in [0.1, 0.15) is 25.3 Å². The molecule has 0 saturated carbocycles. The maximum absolute atomic E-state index is 12.6. The van der Waals surface area contributed by atoms with Crippen molar-refractivity contribution in [2.75, 3.05) is 6.61 Å². The van der Waals surface area contributed by atoms with Crippen LogP contribution in [0.3, 0.4) is 0 Å². The second kappa shape index (κ2) is 8.48. The van der Waals surface area contributed by atoms with Gasteiger partial charge < -0.3 is 4.74 Å². The van der Waals surface area contributed by atoms with Crippen LogP contribution in [0.4, 0.5) is 4.39 Å². The van der Waals surface area contributed by atoms with Crippen molar-refractivity contribution in [3.8, 4) is 28.0 Å². The second-order valence-corrected chi connectivity index (χ2v) is 6.13. The van der Waals surface area contributed by atoms with E-state index >= 15 is 0 Å². The molecule has 0 fully saturated rings. The second-order valence-electron chi connectivity index (χ2n) is 6.13. The molecule has 25 heavy (non-hydrogen) atoms. The molecular weight excluding hydrogens is 311 g/mol. The highest BCUT2D eigenvalue weighted by molar-refractivity contribution is 5.70. The minimum absolute atomic E-state index is 0.419. The van der Waals surface area contributed by atoms with E-state index in [0.717, 1.165) is 36.3 Å². The van der Waals surface area contributed by atoms with Crippen molar-refractivity contribution < 1.29 is 9.13 Å². The van der Waals surface area contributed by atoms with E-state index in [0.29, 0.717) is 5.56 Å². The normalized spacial score (nSPS) is 10.6. The van der Waals surface area contributed by atoms with Crippen molar-refractivity contribution in [3.63, 3.8) is 0 Å². The van der Waals surface area contributed by atoms with Crippen LogP contribution < -0.4 is 4.74 Å². The van der Waals surface area contributed by atoms with Crippen LogP contribution in [0.2, 0.25) is 0 Å². The fourth-order valence-corrected chi connectivity index (χ4v) is 2.72. The molecule has 3 aromatic carbocycles. The number of rotatable bonds is 7. The minimum atomic E-state index is -0.419. The van der Waals surface area contributed by atoms with Gasteiger partial charge in [-0.2, -0.15) is 0 Å². The summed E-state index contributed by atoms with van der Waals surface area (Å²) in [5, 5.41) is 0. The van der Waals surface area contributed by atoms with Crippen LogP contribution in [0.5, 0.6) is 5.75 Å². The number of unbranched alkanes of at least 4 members (excludes halogenated alkanes) is 1. The third-order valence-electron chi connectivity index (χ3n) is 4.28. The molecule has 0 saturated heterocycles. The summed E-state index contributed by atoms with van der Waals surface area (Å²) in [5.74, 6) is 0.918. The third-order valence-corrected chi connectivity index (χ3v) is 4.28. The van der Waals surface area contributed by atoms with Gasteiger partial charge in [0.25, 0.3) is 0 Å². The Hall–Kier alpha value is -2.61. The highest BCUT2D eigenvalue weighted by Crippen LogP contribution is 2.26. The molecule has 0 spiro atoms. The number of hydrogen-bond acceptors (Lipinski definition) is 1. The van der Waals surface area contributed by atoms with Crippen molar-refractivity contribution >= 4 is 0 Å². The van der Waals surface area contributed by atoms with Gasteiger partial charge in [-0.3, -0.25) is 0 Å². The molecule has 0 amide bonds. The standard InChI is InChI=1S/C23H23FO/c1-2-3-16-25-23-14-12-22(13-15-23)21-10-8-20(9-11-21)19-6-4-18(17-24)5-7-19/h4-15H,2-3,16-17H2,1H3. The van der Waals surface area contributed by atoms with E-state index in [1.54, 1.807) is 0 Å². The molecule has 3 rings (SSSR count). The van der Waals surface area contributed by atoms with Crippen LogP contribution in [0.15, 0.2) is 72.8 Å². The van der Waals surface area contributed by atoms with Crippen LogP contribution >= 0.6 is 0 Å². The summed E-state index contributed by atoms with van der Waals surface area (Å²) >= 11 is 0. The van der Waals surface area contributed by atoms with Crippen LogP contribution in [-0.4, -0.2) is 6.61 Å². The van der Waals surface area contributed by atoms with Crippen molar-refractivity contribution in [2.45, 2.75) is 26.4 Å². The molecule has 0 radical (unpaired) electrons. The van der Waals surface area contributed by atoms with Gasteiger partial charge in [0.1, 0.15) is 12.4 Å². The molecule has 0 aliphatic heterocycles. The van der Waals surface area contributed by atoms with Crippen molar-refractivity contribution in [1.29, 1.82) is 0 Å². The van der Waals surface area contributed by atoms with Gasteiger partial charge >= 0.3 is 0 Å². The van der Waals surface area contributed by atoms with Crippen molar-refractivity contribution in [1.82, 2.24) is 0 Å². The Bertz CT molecular complexity index is 774. The molecule has 1 nitrogen and oxygen atoms in total. The zero-order valence-electron chi connectivity index (χ0n) is 14.5. The van der Waals surface area contributed by atoms with E-state index in [2.05, 4.69) is 43.3 Å². The van der Waals surface area contributed by atoms with Gasteiger partial charge in [0.15, 0.2) is 0 Å². The van der Waals surface area contributed by atoms with Gasteiger partial charge in [0.2, 0.25) is 0 Å². The Morgan fingerprint density at radius 3 is 1.56 bits per heavy atom. The quantitative estimate of drug-likeness (QED) is 0.438. The summed E-state index contributed by atoms with van der Waals surface area (Å²) < 4.78 is 18.3. The van der Waals surface area contributed by atoms with Crippen molar-refractivity contribution in [3.05, 3.63) is 78.4 Å². The minimum Gasteiger partial charge on any atom is -0.494 e. The van der Waals surface area contributed by atoms with Crippen molar-refractivity contribution in [2.24, 2.45) is 0 Å². The highest BCUT2D eigenvalue weighted by atomic mass is 19.1. The molecule has 128 valence electrons. The summed E-state index contributed by atoms with van der Waals surface area (Å²) in [6, 6.07) is 24.3. The Morgan fingerprint density at radius 2 is 1.12 bits per heavy atom. The van der Waals surface area contributed by atoms with Crippen LogP contribution in [-0.2, 0) is 6.67 Å². The number of alkyl halides is 1. The molecule has 0 aromatic heterocycles. The molecule has 0 atom stereocenters. The van der Waals surface area contributed by atoms with E-state index in [1.165, 1.54) is 11.1 Å². The van der Waals surface area contributed by atoms with E-state index in [1.807, 2.05) is 36.4 Å². The van der Waals surface area contributed by atoms with Crippen LogP contribution in [0.25, 0.3) is 22.3 Å². The van der Waals surface area contributed by atoms with Gasteiger partial charge in [-0.15, -0.1) is 0 Å². The van der Waals surface area contributed by atoms with Gasteiger partial charge in [-0.05, 0) is 46.4 Å². The van der Waals surface area contributed by atoms with E-state index < -0.39 is 6.67 Å². The molecule has 0 unspecified atom stereocenters. The number of halogens is 1. The molecule has 0 aliphatic rings. The predicted octanol–water partition coefficient (Wildman–Crippen LogP) is 6.67. The summed E-state index contributed by atoms with van der Waals surface area (Å²) in [5.41, 5.74) is 5.28. The zero-order chi connectivity index (χ0) is 17.5. The Balaban J connectivity index is 1.71. The third kappa shape index (κ3) is 4.48. The molecule has 0 heterocycles. The first-order valence-corrected chi connectivity index (χ1v) is 8.78. The largest absolute Gasteiger partial charge is 0.494 e. The lowest BCUT2D eigenvalue weighted by molar-refractivity contribution is 0.309. The van der Waals surface area contributed by atoms with Gasteiger partial charge in [-0.25, -0.2) is 4.39 Å². The number of hydrogen-bond donors (Lipinski definition) is 0. The fraction of sp³-hybridized carbons (Fsp3) is 0.217.